The molecule has 1 amide bonds. The van der Waals surface area contributed by atoms with Crippen LogP contribution in [0.15, 0.2) is 53.9 Å². The van der Waals surface area contributed by atoms with Crippen molar-refractivity contribution in [2.75, 3.05) is 26.2 Å². The van der Waals surface area contributed by atoms with Crippen LogP contribution in [0.4, 0.5) is 4.39 Å². The molecule has 3 aromatic rings. The third kappa shape index (κ3) is 8.45. The van der Waals surface area contributed by atoms with Gasteiger partial charge in [0, 0.05) is 31.6 Å². The van der Waals surface area contributed by atoms with E-state index in [2.05, 4.69) is 65.1 Å². The van der Waals surface area contributed by atoms with Gasteiger partial charge in [-0.3, -0.25) is 9.69 Å². The van der Waals surface area contributed by atoms with Crippen molar-refractivity contribution in [2.24, 2.45) is 0 Å². The minimum atomic E-state index is -0.232. The third-order valence-electron chi connectivity index (χ3n) is 6.85. The quantitative estimate of drug-likeness (QED) is 0.355. The number of benzene rings is 2. The molecule has 0 atom stereocenters. The Morgan fingerprint density at radius 2 is 1.59 bits per heavy atom. The standard InChI is InChI=1S/C30H39FN4OS/c1-30(2,3)25-11-7-23(8-12-25)19-35(20-24-9-13-26(31)14-10-24)21-28-33-27(22-37-28)29(36)32-15-18-34-16-5-4-6-17-34/h7-14,22H,4-6,15-21H2,1-3H3,(H,32,36). The summed E-state index contributed by atoms with van der Waals surface area (Å²) >= 11 is 1.51. The first-order valence-electron chi connectivity index (χ1n) is 13.3. The Labute approximate surface area is 224 Å². The summed E-state index contributed by atoms with van der Waals surface area (Å²) in [5.74, 6) is -0.341. The van der Waals surface area contributed by atoms with Gasteiger partial charge in [-0.2, -0.15) is 0 Å². The number of likely N-dealkylation sites (tertiary alicyclic amines) is 1. The normalized spacial score (nSPS) is 14.7. The van der Waals surface area contributed by atoms with E-state index < -0.39 is 0 Å². The van der Waals surface area contributed by atoms with Gasteiger partial charge in [-0.1, -0.05) is 63.6 Å². The van der Waals surface area contributed by atoms with Gasteiger partial charge < -0.3 is 10.2 Å². The zero-order chi connectivity index (χ0) is 26.3. The second-order valence-electron chi connectivity index (χ2n) is 11.0. The number of nitrogens with zero attached hydrogens (tertiary/aromatic N) is 3. The third-order valence-corrected chi connectivity index (χ3v) is 7.68. The lowest BCUT2D eigenvalue weighted by Gasteiger charge is -2.26. The summed E-state index contributed by atoms with van der Waals surface area (Å²) in [6.45, 7) is 12.4. The van der Waals surface area contributed by atoms with Crippen LogP contribution in [-0.2, 0) is 25.0 Å². The smallest absolute Gasteiger partial charge is 0.270 e. The maximum absolute atomic E-state index is 13.5. The number of hydrogen-bond donors (Lipinski definition) is 1. The van der Waals surface area contributed by atoms with E-state index in [1.807, 2.05) is 17.5 Å². The van der Waals surface area contributed by atoms with Gasteiger partial charge in [0.15, 0.2) is 0 Å². The molecule has 1 aromatic heterocycles. The van der Waals surface area contributed by atoms with Gasteiger partial charge in [-0.15, -0.1) is 11.3 Å². The molecule has 2 heterocycles. The number of nitrogens with one attached hydrogen (secondary N) is 1. The summed E-state index contributed by atoms with van der Waals surface area (Å²) in [4.78, 5) is 22.0. The van der Waals surface area contributed by atoms with Crippen LogP contribution in [0.25, 0.3) is 0 Å². The summed E-state index contributed by atoms with van der Waals surface area (Å²) in [6.07, 6.45) is 3.81. The van der Waals surface area contributed by atoms with E-state index in [1.54, 1.807) is 0 Å². The molecule has 0 radical (unpaired) electrons. The van der Waals surface area contributed by atoms with E-state index in [9.17, 15) is 9.18 Å². The minimum absolute atomic E-state index is 0.109. The first-order chi connectivity index (χ1) is 17.8. The molecule has 1 saturated heterocycles. The number of thiazole rings is 1. The number of carbonyl (C=O) groups excluding carboxylic acids is 1. The number of hydrogen-bond acceptors (Lipinski definition) is 5. The number of rotatable bonds is 10. The second kappa shape index (κ2) is 12.8. The predicted octanol–water partition coefficient (Wildman–Crippen LogP) is 6.00. The SMILES string of the molecule is CC(C)(C)c1ccc(CN(Cc2ccc(F)cc2)Cc2nc(C(=O)NCCN3CCCCC3)cs2)cc1. The van der Waals surface area contributed by atoms with E-state index in [-0.39, 0.29) is 17.1 Å². The highest BCUT2D eigenvalue weighted by molar-refractivity contribution is 7.09. The highest BCUT2D eigenvalue weighted by atomic mass is 32.1. The molecule has 7 heteroatoms. The summed E-state index contributed by atoms with van der Waals surface area (Å²) in [5.41, 5.74) is 4.15. The highest BCUT2D eigenvalue weighted by Crippen LogP contribution is 2.23. The molecule has 0 saturated carbocycles. The number of piperidine rings is 1. The Morgan fingerprint density at radius 1 is 0.973 bits per heavy atom. The molecule has 1 N–H and O–H groups in total. The highest BCUT2D eigenvalue weighted by Gasteiger charge is 2.17. The fourth-order valence-electron chi connectivity index (χ4n) is 4.66. The number of aromatic nitrogens is 1. The Hall–Kier alpha value is -2.61. The van der Waals surface area contributed by atoms with Crippen LogP contribution in [0.1, 0.15) is 72.2 Å². The lowest BCUT2D eigenvalue weighted by Crippen LogP contribution is -2.37. The first kappa shape index (κ1) is 27.4. The van der Waals surface area contributed by atoms with Crippen LogP contribution in [-0.4, -0.2) is 46.9 Å². The van der Waals surface area contributed by atoms with Gasteiger partial charge in [-0.05, 0) is 60.2 Å². The van der Waals surface area contributed by atoms with Crippen LogP contribution in [0.5, 0.6) is 0 Å². The molecule has 0 aliphatic carbocycles. The van der Waals surface area contributed by atoms with E-state index in [4.69, 9.17) is 0 Å². The Bertz CT molecular complexity index is 1130. The number of carbonyl (C=O) groups is 1. The molecule has 0 bridgehead atoms. The van der Waals surface area contributed by atoms with Crippen molar-refractivity contribution in [3.63, 3.8) is 0 Å². The molecule has 4 rings (SSSR count). The molecular formula is C30H39FN4OS. The monoisotopic (exact) mass is 522 g/mol. The topological polar surface area (TPSA) is 48.5 Å². The Kier molecular flexibility index (Phi) is 9.46. The molecule has 1 aliphatic rings. The fraction of sp³-hybridized carbons (Fsp3) is 0.467. The van der Waals surface area contributed by atoms with Crippen molar-refractivity contribution < 1.29 is 9.18 Å². The van der Waals surface area contributed by atoms with Crippen LogP contribution >= 0.6 is 11.3 Å². The van der Waals surface area contributed by atoms with Crippen molar-refractivity contribution in [3.05, 3.63) is 87.1 Å². The summed E-state index contributed by atoms with van der Waals surface area (Å²) in [5, 5.41) is 5.77. The van der Waals surface area contributed by atoms with E-state index in [0.717, 1.165) is 36.8 Å². The van der Waals surface area contributed by atoms with Gasteiger partial charge in [0.05, 0.1) is 6.54 Å². The van der Waals surface area contributed by atoms with E-state index >= 15 is 0 Å². The van der Waals surface area contributed by atoms with Gasteiger partial charge in [0.1, 0.15) is 16.5 Å². The zero-order valence-corrected chi connectivity index (χ0v) is 23.1. The van der Waals surface area contributed by atoms with E-state index in [0.29, 0.717) is 25.3 Å². The average molecular weight is 523 g/mol. The fourth-order valence-corrected chi connectivity index (χ4v) is 5.48. The number of halogens is 1. The van der Waals surface area contributed by atoms with Crippen LogP contribution < -0.4 is 5.32 Å². The van der Waals surface area contributed by atoms with E-state index in [1.165, 1.54) is 53.9 Å². The lowest BCUT2D eigenvalue weighted by atomic mass is 9.87. The maximum atomic E-state index is 13.5. The maximum Gasteiger partial charge on any atom is 0.270 e. The van der Waals surface area contributed by atoms with Crippen molar-refractivity contribution >= 4 is 17.2 Å². The average Bonchev–Trinajstić information content (AvgIpc) is 3.34. The van der Waals surface area contributed by atoms with Crippen molar-refractivity contribution in [2.45, 2.75) is 65.1 Å². The largest absolute Gasteiger partial charge is 0.349 e. The van der Waals surface area contributed by atoms with Crippen molar-refractivity contribution in [1.82, 2.24) is 20.1 Å². The Balaban J connectivity index is 1.39. The lowest BCUT2D eigenvalue weighted by molar-refractivity contribution is 0.0942. The minimum Gasteiger partial charge on any atom is -0.349 e. The predicted molar refractivity (Wildman–Crippen MR) is 149 cm³/mol. The molecule has 1 aliphatic heterocycles. The zero-order valence-electron chi connectivity index (χ0n) is 22.3. The molecule has 1 fully saturated rings. The number of amides is 1. The van der Waals surface area contributed by atoms with Crippen molar-refractivity contribution in [3.8, 4) is 0 Å². The van der Waals surface area contributed by atoms with Crippen LogP contribution in [0.3, 0.4) is 0 Å². The van der Waals surface area contributed by atoms with Gasteiger partial charge in [0.2, 0.25) is 0 Å². The molecule has 198 valence electrons. The molecule has 2 aromatic carbocycles. The van der Waals surface area contributed by atoms with Gasteiger partial charge in [-0.25, -0.2) is 9.37 Å². The van der Waals surface area contributed by atoms with Crippen LogP contribution in [0, 0.1) is 5.82 Å². The van der Waals surface area contributed by atoms with Crippen LogP contribution in [0.2, 0.25) is 0 Å². The van der Waals surface area contributed by atoms with Gasteiger partial charge in [0.25, 0.3) is 5.91 Å². The first-order valence-corrected chi connectivity index (χ1v) is 14.2. The van der Waals surface area contributed by atoms with Gasteiger partial charge >= 0.3 is 0 Å². The summed E-state index contributed by atoms with van der Waals surface area (Å²) in [7, 11) is 0. The molecule has 0 spiro atoms. The summed E-state index contributed by atoms with van der Waals surface area (Å²) < 4.78 is 13.5. The Morgan fingerprint density at radius 3 is 2.22 bits per heavy atom. The summed E-state index contributed by atoms with van der Waals surface area (Å²) in [6, 6.07) is 15.4. The molecule has 5 nitrogen and oxygen atoms in total. The van der Waals surface area contributed by atoms with Crippen molar-refractivity contribution in [1.29, 1.82) is 0 Å². The second-order valence-corrected chi connectivity index (χ2v) is 11.9. The molecule has 0 unspecified atom stereocenters. The molecule has 37 heavy (non-hydrogen) atoms. The molecular weight excluding hydrogens is 483 g/mol.